The van der Waals surface area contributed by atoms with Crippen molar-refractivity contribution in [2.24, 2.45) is 5.92 Å². The van der Waals surface area contributed by atoms with Crippen LogP contribution in [-0.2, 0) is 22.6 Å². The van der Waals surface area contributed by atoms with E-state index in [-0.39, 0.29) is 24.0 Å². The zero-order valence-electron chi connectivity index (χ0n) is 14.5. The smallest absolute Gasteiger partial charge is 0.226 e. The van der Waals surface area contributed by atoms with Crippen LogP contribution in [0.25, 0.3) is 0 Å². The summed E-state index contributed by atoms with van der Waals surface area (Å²) in [6.45, 7) is 4.95. The molecule has 2 aromatic rings. The summed E-state index contributed by atoms with van der Waals surface area (Å²) in [7, 11) is 0. The molecule has 3 atom stereocenters. The van der Waals surface area contributed by atoms with Crippen LogP contribution in [0.1, 0.15) is 23.5 Å². The van der Waals surface area contributed by atoms with Gasteiger partial charge in [-0.2, -0.15) is 0 Å². The lowest BCUT2D eigenvalue weighted by Gasteiger charge is -2.32. The molecular weight excluding hydrogens is 316 g/mol. The van der Waals surface area contributed by atoms with E-state index >= 15 is 0 Å². The Balaban J connectivity index is 1.33. The van der Waals surface area contributed by atoms with E-state index < -0.39 is 0 Å². The minimum Gasteiger partial charge on any atom is -0.465 e. The summed E-state index contributed by atoms with van der Waals surface area (Å²) in [6, 6.07) is 14.0. The average molecular weight is 340 g/mol. The summed E-state index contributed by atoms with van der Waals surface area (Å²) in [5.74, 6) is 1.96. The van der Waals surface area contributed by atoms with Crippen molar-refractivity contribution >= 4 is 5.91 Å². The van der Waals surface area contributed by atoms with Gasteiger partial charge in [0.15, 0.2) is 0 Å². The number of morpholine rings is 1. The molecule has 1 aromatic heterocycles. The second-order valence-corrected chi connectivity index (χ2v) is 7.05. The Morgan fingerprint density at radius 2 is 2.04 bits per heavy atom. The first-order valence-electron chi connectivity index (χ1n) is 8.92. The summed E-state index contributed by atoms with van der Waals surface area (Å²) < 4.78 is 11.7. The third-order valence-corrected chi connectivity index (χ3v) is 5.05. The van der Waals surface area contributed by atoms with Crippen LogP contribution in [0.5, 0.6) is 0 Å². The Morgan fingerprint density at radius 3 is 2.80 bits per heavy atom. The van der Waals surface area contributed by atoms with Crippen molar-refractivity contribution in [2.45, 2.75) is 38.6 Å². The van der Waals surface area contributed by atoms with Crippen molar-refractivity contribution in [3.8, 4) is 0 Å². The molecule has 3 heterocycles. The van der Waals surface area contributed by atoms with Crippen molar-refractivity contribution in [3.63, 3.8) is 0 Å². The summed E-state index contributed by atoms with van der Waals surface area (Å²) in [5, 5.41) is 3.07. The maximum absolute atomic E-state index is 12.6. The number of nitrogens with one attached hydrogen (secondary N) is 1. The van der Waals surface area contributed by atoms with E-state index in [1.807, 2.05) is 49.4 Å². The molecule has 132 valence electrons. The molecule has 0 radical (unpaired) electrons. The molecule has 0 unspecified atom stereocenters. The molecule has 2 bridgehead atoms. The summed E-state index contributed by atoms with van der Waals surface area (Å²) in [6.07, 6.45) is 0.923. The molecule has 0 aliphatic carbocycles. The number of hydrogen-bond donors (Lipinski definition) is 1. The fourth-order valence-corrected chi connectivity index (χ4v) is 3.85. The molecule has 0 spiro atoms. The Hall–Kier alpha value is -2.11. The van der Waals surface area contributed by atoms with Gasteiger partial charge in [0.05, 0.1) is 24.7 Å². The summed E-state index contributed by atoms with van der Waals surface area (Å²) in [4.78, 5) is 14.9. The lowest BCUT2D eigenvalue weighted by Crippen LogP contribution is -2.44. The maximum Gasteiger partial charge on any atom is 0.226 e. The number of aryl methyl sites for hydroxylation is 1. The number of nitrogens with zero attached hydrogens (tertiary/aromatic N) is 1. The van der Waals surface area contributed by atoms with Gasteiger partial charge in [0.2, 0.25) is 5.91 Å². The maximum atomic E-state index is 12.6. The standard InChI is InChI=1S/C20H24N2O3/c1-14-7-8-16(24-14)11-22-12-17-9-18(19(13-22)25-17)20(23)21-10-15-5-3-2-4-6-15/h2-8,17-19H,9-13H2,1H3,(H,21,23)/t17-,18+,19-/m1/s1. The first kappa shape index (κ1) is 16.4. The zero-order chi connectivity index (χ0) is 17.2. The van der Waals surface area contributed by atoms with Crippen LogP contribution in [0.2, 0.25) is 0 Å². The topological polar surface area (TPSA) is 54.7 Å². The predicted molar refractivity (Wildman–Crippen MR) is 93.8 cm³/mol. The van der Waals surface area contributed by atoms with Crippen molar-refractivity contribution in [3.05, 3.63) is 59.5 Å². The number of hydrogen-bond acceptors (Lipinski definition) is 4. The van der Waals surface area contributed by atoms with E-state index in [1.54, 1.807) is 0 Å². The zero-order valence-corrected chi connectivity index (χ0v) is 14.5. The van der Waals surface area contributed by atoms with Crippen LogP contribution in [0, 0.1) is 12.8 Å². The van der Waals surface area contributed by atoms with Crippen molar-refractivity contribution in [1.82, 2.24) is 10.2 Å². The summed E-state index contributed by atoms with van der Waals surface area (Å²) >= 11 is 0. The van der Waals surface area contributed by atoms with Gasteiger partial charge >= 0.3 is 0 Å². The highest BCUT2D eigenvalue weighted by Gasteiger charge is 2.44. The lowest BCUT2D eigenvalue weighted by atomic mass is 9.99. The van der Waals surface area contributed by atoms with E-state index in [2.05, 4.69) is 10.2 Å². The van der Waals surface area contributed by atoms with Gasteiger partial charge in [0.1, 0.15) is 11.5 Å². The number of amides is 1. The number of carbonyl (C=O) groups excluding carboxylic acids is 1. The predicted octanol–water partition coefficient (Wildman–Crippen LogP) is 2.49. The SMILES string of the molecule is Cc1ccc(CN2C[C@H]3C[C@H](C(=O)NCc4ccccc4)[C@@H](C2)O3)o1. The van der Waals surface area contributed by atoms with Gasteiger partial charge in [-0.3, -0.25) is 9.69 Å². The number of ether oxygens (including phenoxy) is 1. The largest absolute Gasteiger partial charge is 0.465 e. The molecule has 1 N–H and O–H groups in total. The number of likely N-dealkylation sites (tertiary alicyclic amines) is 1. The Morgan fingerprint density at radius 1 is 1.20 bits per heavy atom. The average Bonchev–Trinajstić information content (AvgIpc) is 3.16. The quantitative estimate of drug-likeness (QED) is 0.909. The fourth-order valence-electron chi connectivity index (χ4n) is 3.85. The molecule has 0 saturated carbocycles. The van der Waals surface area contributed by atoms with E-state index in [4.69, 9.17) is 9.15 Å². The van der Waals surface area contributed by atoms with Crippen LogP contribution in [-0.4, -0.2) is 36.1 Å². The summed E-state index contributed by atoms with van der Waals surface area (Å²) in [5.41, 5.74) is 1.12. The highest BCUT2D eigenvalue weighted by Crippen LogP contribution is 2.32. The highest BCUT2D eigenvalue weighted by molar-refractivity contribution is 5.79. The van der Waals surface area contributed by atoms with Gasteiger partial charge < -0.3 is 14.5 Å². The van der Waals surface area contributed by atoms with E-state index in [9.17, 15) is 4.79 Å². The second-order valence-electron chi connectivity index (χ2n) is 7.05. The van der Waals surface area contributed by atoms with Gasteiger partial charge in [-0.15, -0.1) is 0 Å². The van der Waals surface area contributed by atoms with Crippen molar-refractivity contribution < 1.29 is 13.9 Å². The molecular formula is C20H24N2O3. The lowest BCUT2D eigenvalue weighted by molar-refractivity contribution is -0.128. The van der Waals surface area contributed by atoms with Gasteiger partial charge in [-0.05, 0) is 31.0 Å². The second kappa shape index (κ2) is 7.02. The first-order valence-corrected chi connectivity index (χ1v) is 8.92. The minimum atomic E-state index is -0.0583. The first-order chi connectivity index (χ1) is 12.2. The van der Waals surface area contributed by atoms with E-state index in [0.29, 0.717) is 6.54 Å². The number of furan rings is 1. The number of benzene rings is 1. The van der Waals surface area contributed by atoms with Crippen LogP contribution >= 0.6 is 0 Å². The Bertz CT molecular complexity index is 728. The molecule has 2 aliphatic heterocycles. The fraction of sp³-hybridized carbons (Fsp3) is 0.450. The number of rotatable bonds is 5. The third kappa shape index (κ3) is 3.78. The minimum absolute atomic E-state index is 0.0226. The molecule has 5 heteroatoms. The van der Waals surface area contributed by atoms with Crippen LogP contribution in [0.4, 0.5) is 0 Å². The molecule has 2 saturated heterocycles. The van der Waals surface area contributed by atoms with E-state index in [1.165, 1.54) is 0 Å². The number of fused-ring (bicyclic) bond motifs is 2. The van der Waals surface area contributed by atoms with Crippen LogP contribution in [0.3, 0.4) is 0 Å². The van der Waals surface area contributed by atoms with Gasteiger partial charge in [0.25, 0.3) is 0 Å². The number of carbonyl (C=O) groups is 1. The van der Waals surface area contributed by atoms with Crippen LogP contribution in [0.15, 0.2) is 46.9 Å². The molecule has 1 amide bonds. The van der Waals surface area contributed by atoms with Crippen molar-refractivity contribution in [2.75, 3.05) is 13.1 Å². The normalized spacial score (nSPS) is 25.9. The van der Waals surface area contributed by atoms with E-state index in [0.717, 1.165) is 43.1 Å². The molecule has 25 heavy (non-hydrogen) atoms. The van der Waals surface area contributed by atoms with Crippen LogP contribution < -0.4 is 5.32 Å². The highest BCUT2D eigenvalue weighted by atomic mass is 16.5. The van der Waals surface area contributed by atoms with Crippen molar-refractivity contribution in [1.29, 1.82) is 0 Å². The molecule has 5 nitrogen and oxygen atoms in total. The van der Waals surface area contributed by atoms with Gasteiger partial charge in [-0.25, -0.2) is 0 Å². The van der Waals surface area contributed by atoms with Gasteiger partial charge in [0, 0.05) is 19.6 Å². The van der Waals surface area contributed by atoms with Gasteiger partial charge in [-0.1, -0.05) is 30.3 Å². The monoisotopic (exact) mass is 340 g/mol. The molecule has 2 aliphatic rings. The third-order valence-electron chi connectivity index (χ3n) is 5.05. The Labute approximate surface area is 148 Å². The molecule has 4 rings (SSSR count). The molecule has 1 aromatic carbocycles. The Kier molecular flexibility index (Phi) is 4.59. The molecule has 2 fully saturated rings.